The summed E-state index contributed by atoms with van der Waals surface area (Å²) in [7, 11) is 0. The fourth-order valence-corrected chi connectivity index (χ4v) is 2.59. The third-order valence-corrected chi connectivity index (χ3v) is 3.31. The summed E-state index contributed by atoms with van der Waals surface area (Å²) in [5.74, 6) is -2.08. The lowest BCUT2D eigenvalue weighted by molar-refractivity contribution is -0.164. The molecule has 3 fully saturated rings. The fourth-order valence-electron chi connectivity index (χ4n) is 2.59. The van der Waals surface area contributed by atoms with Crippen molar-refractivity contribution < 1.29 is 28.6 Å². The molecule has 5 atom stereocenters. The summed E-state index contributed by atoms with van der Waals surface area (Å²) >= 11 is 0. The number of carbonyl (C=O) groups excluding carboxylic acids is 3. The number of Topliss-reactive ketones (excluding diaryl/α,β-unsaturated/α-hetero) is 1. The van der Waals surface area contributed by atoms with E-state index >= 15 is 0 Å². The second-order valence-electron chi connectivity index (χ2n) is 4.31. The Labute approximate surface area is 90.8 Å². The van der Waals surface area contributed by atoms with E-state index in [9.17, 15) is 14.4 Å². The van der Waals surface area contributed by atoms with Crippen LogP contribution in [0.15, 0.2) is 0 Å². The van der Waals surface area contributed by atoms with E-state index < -0.39 is 24.0 Å². The molecule has 3 heterocycles. The van der Waals surface area contributed by atoms with Crippen LogP contribution in [-0.2, 0) is 28.6 Å². The Kier molecular flexibility index (Phi) is 1.85. The van der Waals surface area contributed by atoms with Crippen molar-refractivity contribution in [2.45, 2.75) is 37.8 Å². The molecular formula is C10H10O6. The molecule has 3 rings (SSSR count). The first-order valence-electron chi connectivity index (χ1n) is 5.15. The standard InChI is InChI=1S/C10H10O6/c1-3(11)9(12)15-7-5-2-4-6(14-5)8(7)16-10(4)13/h4-8H,2H2,1H3. The van der Waals surface area contributed by atoms with Crippen LogP contribution in [0, 0.1) is 5.92 Å². The van der Waals surface area contributed by atoms with E-state index in [4.69, 9.17) is 14.2 Å². The van der Waals surface area contributed by atoms with Gasteiger partial charge in [0.25, 0.3) is 0 Å². The van der Waals surface area contributed by atoms with Gasteiger partial charge in [0.1, 0.15) is 6.10 Å². The maximum atomic E-state index is 11.3. The molecule has 0 aromatic carbocycles. The first-order valence-corrected chi connectivity index (χ1v) is 5.15. The summed E-state index contributed by atoms with van der Waals surface area (Å²) < 4.78 is 15.6. The third kappa shape index (κ3) is 1.13. The van der Waals surface area contributed by atoms with Crippen LogP contribution < -0.4 is 0 Å². The first kappa shape index (κ1) is 9.77. The summed E-state index contributed by atoms with van der Waals surface area (Å²) in [5, 5.41) is 0. The Morgan fingerprint density at radius 3 is 2.81 bits per heavy atom. The van der Waals surface area contributed by atoms with E-state index in [0.717, 1.165) is 6.92 Å². The van der Waals surface area contributed by atoms with Crippen molar-refractivity contribution >= 4 is 17.7 Å². The minimum atomic E-state index is -0.902. The van der Waals surface area contributed by atoms with Crippen molar-refractivity contribution in [3.8, 4) is 0 Å². The normalized spacial score (nSPS) is 43.3. The van der Waals surface area contributed by atoms with E-state index in [1.807, 2.05) is 0 Å². The molecule has 3 saturated heterocycles. The Morgan fingerprint density at radius 2 is 2.12 bits per heavy atom. The van der Waals surface area contributed by atoms with Crippen molar-refractivity contribution in [3.05, 3.63) is 0 Å². The number of ether oxygens (including phenoxy) is 3. The highest BCUT2D eigenvalue weighted by Gasteiger charge is 2.65. The Balaban J connectivity index is 1.77. The monoisotopic (exact) mass is 226 g/mol. The van der Waals surface area contributed by atoms with Gasteiger partial charge in [-0.25, -0.2) is 4.79 Å². The zero-order chi connectivity index (χ0) is 11.4. The minimum Gasteiger partial charge on any atom is -0.455 e. The van der Waals surface area contributed by atoms with Gasteiger partial charge < -0.3 is 14.2 Å². The maximum Gasteiger partial charge on any atom is 0.374 e. The molecule has 0 saturated carbocycles. The Bertz CT molecular complexity index is 389. The largest absolute Gasteiger partial charge is 0.455 e. The molecule has 0 N–H and O–H groups in total. The number of esters is 2. The van der Waals surface area contributed by atoms with Crippen LogP contribution in [0.3, 0.4) is 0 Å². The highest BCUT2D eigenvalue weighted by atomic mass is 16.7. The van der Waals surface area contributed by atoms with Crippen molar-refractivity contribution in [3.63, 3.8) is 0 Å². The number of rotatable bonds is 2. The van der Waals surface area contributed by atoms with Crippen LogP contribution in [0.4, 0.5) is 0 Å². The lowest BCUT2D eigenvalue weighted by atomic mass is 9.88. The number of fused-ring (bicyclic) bond motifs is 1. The van der Waals surface area contributed by atoms with Crippen LogP contribution in [0.5, 0.6) is 0 Å². The number of hydrogen-bond acceptors (Lipinski definition) is 6. The van der Waals surface area contributed by atoms with Gasteiger partial charge >= 0.3 is 11.9 Å². The van der Waals surface area contributed by atoms with Crippen LogP contribution >= 0.6 is 0 Å². The quantitative estimate of drug-likeness (QED) is 0.453. The Hall–Kier alpha value is -1.43. The molecule has 86 valence electrons. The molecule has 0 amide bonds. The molecule has 6 nitrogen and oxygen atoms in total. The summed E-state index contributed by atoms with van der Waals surface area (Å²) in [6, 6.07) is 0. The molecule has 0 aliphatic carbocycles. The van der Waals surface area contributed by atoms with Gasteiger partial charge in [-0.05, 0) is 6.42 Å². The van der Waals surface area contributed by atoms with Crippen molar-refractivity contribution in [2.24, 2.45) is 5.92 Å². The van der Waals surface area contributed by atoms with E-state index in [1.54, 1.807) is 0 Å². The summed E-state index contributed by atoms with van der Waals surface area (Å²) in [5.41, 5.74) is 0. The van der Waals surface area contributed by atoms with Gasteiger partial charge in [0, 0.05) is 6.92 Å². The van der Waals surface area contributed by atoms with Gasteiger partial charge in [0.15, 0.2) is 12.2 Å². The Morgan fingerprint density at radius 1 is 1.38 bits per heavy atom. The molecule has 0 aromatic rings. The molecule has 0 aromatic heterocycles. The summed E-state index contributed by atoms with van der Waals surface area (Å²) in [6.45, 7) is 1.14. The predicted molar refractivity (Wildman–Crippen MR) is 47.2 cm³/mol. The lowest BCUT2D eigenvalue weighted by Crippen LogP contribution is -2.41. The zero-order valence-corrected chi connectivity index (χ0v) is 8.54. The second-order valence-corrected chi connectivity index (χ2v) is 4.31. The molecule has 3 aliphatic heterocycles. The van der Waals surface area contributed by atoms with Crippen LogP contribution in [0.25, 0.3) is 0 Å². The molecule has 2 bridgehead atoms. The minimum absolute atomic E-state index is 0.220. The fraction of sp³-hybridized carbons (Fsp3) is 0.700. The highest BCUT2D eigenvalue weighted by molar-refractivity contribution is 6.32. The average Bonchev–Trinajstić information content (AvgIpc) is 2.81. The number of hydrogen-bond donors (Lipinski definition) is 0. The lowest BCUT2D eigenvalue weighted by Gasteiger charge is -2.21. The highest BCUT2D eigenvalue weighted by Crippen LogP contribution is 2.47. The van der Waals surface area contributed by atoms with Crippen molar-refractivity contribution in [1.82, 2.24) is 0 Å². The molecule has 3 aliphatic rings. The molecule has 6 heteroatoms. The summed E-state index contributed by atoms with van der Waals surface area (Å²) in [4.78, 5) is 33.3. The van der Waals surface area contributed by atoms with Gasteiger partial charge in [0.2, 0.25) is 5.78 Å². The third-order valence-electron chi connectivity index (χ3n) is 3.31. The summed E-state index contributed by atoms with van der Waals surface area (Å²) in [6.07, 6.45) is -1.25. The molecule has 16 heavy (non-hydrogen) atoms. The maximum absolute atomic E-state index is 11.3. The van der Waals surface area contributed by atoms with E-state index in [2.05, 4.69) is 0 Å². The smallest absolute Gasteiger partial charge is 0.374 e. The topological polar surface area (TPSA) is 78.9 Å². The van der Waals surface area contributed by atoms with Crippen molar-refractivity contribution in [1.29, 1.82) is 0 Å². The van der Waals surface area contributed by atoms with Gasteiger partial charge in [-0.1, -0.05) is 0 Å². The first-order chi connectivity index (χ1) is 7.58. The number of ketones is 1. The molecule has 0 radical (unpaired) electrons. The second kappa shape index (κ2) is 3.04. The molecular weight excluding hydrogens is 216 g/mol. The van der Waals surface area contributed by atoms with Gasteiger partial charge in [-0.3, -0.25) is 9.59 Å². The zero-order valence-electron chi connectivity index (χ0n) is 8.54. The SMILES string of the molecule is CC(=O)C(=O)OC1C2CC3C(=O)OC1C3O2. The molecule has 0 spiro atoms. The van der Waals surface area contributed by atoms with Crippen LogP contribution in [-0.4, -0.2) is 42.1 Å². The van der Waals surface area contributed by atoms with E-state index in [0.29, 0.717) is 6.42 Å². The predicted octanol–water partition coefficient (Wildman–Crippen LogP) is -0.800. The molecule has 5 unspecified atom stereocenters. The van der Waals surface area contributed by atoms with E-state index in [-0.39, 0.29) is 24.1 Å². The average molecular weight is 226 g/mol. The number of carbonyl (C=O) groups is 3. The van der Waals surface area contributed by atoms with Crippen LogP contribution in [0.2, 0.25) is 0 Å². The van der Waals surface area contributed by atoms with Gasteiger partial charge in [0.05, 0.1) is 12.0 Å². The van der Waals surface area contributed by atoms with Crippen molar-refractivity contribution in [2.75, 3.05) is 0 Å². The van der Waals surface area contributed by atoms with E-state index in [1.165, 1.54) is 0 Å². The van der Waals surface area contributed by atoms with Crippen LogP contribution in [0.1, 0.15) is 13.3 Å². The van der Waals surface area contributed by atoms with Gasteiger partial charge in [-0.15, -0.1) is 0 Å². The van der Waals surface area contributed by atoms with Gasteiger partial charge in [-0.2, -0.15) is 0 Å².